The Morgan fingerprint density at radius 1 is 0.793 bits per heavy atom. The molecule has 0 radical (unpaired) electrons. The van der Waals surface area contributed by atoms with Gasteiger partial charge in [0.1, 0.15) is 65.9 Å². The number of hydrogen-bond acceptors (Lipinski definition) is 18. The van der Waals surface area contributed by atoms with E-state index in [9.17, 15) is 50.4 Å². The van der Waals surface area contributed by atoms with Gasteiger partial charge in [0.15, 0.2) is 17.6 Å². The molecule has 0 spiro atoms. The zero-order chi connectivity index (χ0) is 41.8. The number of aliphatic hydroxyl groups is 5. The van der Waals surface area contributed by atoms with Crippen LogP contribution in [0.25, 0.3) is 28.4 Å². The van der Waals surface area contributed by atoms with E-state index in [-0.39, 0.29) is 62.5 Å². The summed E-state index contributed by atoms with van der Waals surface area (Å²) in [6, 6.07) is 12.3. The predicted octanol–water partition coefficient (Wildman–Crippen LogP) is 1.35. The minimum atomic E-state index is -1.91. The first-order chi connectivity index (χ1) is 27.7. The summed E-state index contributed by atoms with van der Waals surface area (Å²) in [5.74, 6) is -3.05. The lowest BCUT2D eigenvalue weighted by atomic mass is 9.99. The molecule has 2 aliphatic rings. The number of rotatable bonds is 12. The molecular formula is C39H41O19+. The topological polar surface area (TPSA) is 281 Å². The minimum Gasteiger partial charge on any atom is -0.508 e. The Bertz CT molecular complexity index is 2110. The predicted molar refractivity (Wildman–Crippen MR) is 196 cm³/mol. The molecule has 310 valence electrons. The lowest BCUT2D eigenvalue weighted by molar-refractivity contribution is -0.278. The lowest BCUT2D eigenvalue weighted by Crippen LogP contribution is -2.60. The van der Waals surface area contributed by atoms with Crippen molar-refractivity contribution in [2.45, 2.75) is 62.2 Å². The molecule has 19 heteroatoms. The number of aliphatic hydroxyl groups excluding tert-OH is 5. The molecule has 3 heterocycles. The van der Waals surface area contributed by atoms with Crippen molar-refractivity contribution in [1.82, 2.24) is 0 Å². The van der Waals surface area contributed by atoms with Crippen molar-refractivity contribution in [3.63, 3.8) is 0 Å². The summed E-state index contributed by atoms with van der Waals surface area (Å²) in [5.41, 5.74) is 0.662. The number of phenolic OH excluding ortho intramolecular Hbond substituents is 3. The summed E-state index contributed by atoms with van der Waals surface area (Å²) in [4.78, 5) is 24.4. The molecular weight excluding hydrogens is 772 g/mol. The second kappa shape index (κ2) is 17.7. The van der Waals surface area contributed by atoms with Gasteiger partial charge < -0.3 is 78.7 Å². The summed E-state index contributed by atoms with van der Waals surface area (Å²) in [6.07, 6.45) is -12.3. The van der Waals surface area contributed by atoms with Gasteiger partial charge in [-0.15, -0.1) is 0 Å². The first-order valence-corrected chi connectivity index (χ1v) is 17.6. The number of phenols is 3. The van der Waals surface area contributed by atoms with E-state index < -0.39 is 80.5 Å². The molecule has 4 unspecified atom stereocenters. The number of benzene rings is 3. The number of fused-ring (bicyclic) bond motifs is 1. The van der Waals surface area contributed by atoms with Crippen LogP contribution >= 0.6 is 0 Å². The second-order valence-corrected chi connectivity index (χ2v) is 13.2. The highest BCUT2D eigenvalue weighted by molar-refractivity contribution is 5.89. The van der Waals surface area contributed by atoms with Crippen LogP contribution in [0.4, 0.5) is 0 Å². The van der Waals surface area contributed by atoms with Gasteiger partial charge in [-0.25, -0.2) is 9.21 Å². The molecule has 3 aromatic carbocycles. The van der Waals surface area contributed by atoms with Gasteiger partial charge in [-0.05, 0) is 23.8 Å². The Morgan fingerprint density at radius 3 is 2.12 bits per heavy atom. The maximum atomic E-state index is 12.5. The van der Waals surface area contributed by atoms with Gasteiger partial charge in [-0.2, -0.15) is 0 Å². The molecule has 9 atom stereocenters. The normalized spacial score (nSPS) is 25.9. The van der Waals surface area contributed by atoms with E-state index >= 15 is 0 Å². The van der Waals surface area contributed by atoms with Crippen LogP contribution in [-0.2, 0) is 28.5 Å². The molecule has 0 aliphatic carbocycles. The second-order valence-electron chi connectivity index (χ2n) is 13.2. The summed E-state index contributed by atoms with van der Waals surface area (Å²) >= 11 is 0. The first kappa shape index (κ1) is 41.7. The highest BCUT2D eigenvalue weighted by atomic mass is 16.7. The quantitative estimate of drug-likeness (QED) is 0.0569. The van der Waals surface area contributed by atoms with E-state index in [1.807, 2.05) is 0 Å². The number of hydrogen-bond donors (Lipinski definition) is 8. The van der Waals surface area contributed by atoms with Crippen molar-refractivity contribution < 1.29 is 92.8 Å². The highest BCUT2D eigenvalue weighted by Gasteiger charge is 2.47. The third kappa shape index (κ3) is 9.11. The maximum Gasteiger partial charge on any atom is 0.402 e. The number of esters is 2. The Morgan fingerprint density at radius 2 is 1.47 bits per heavy atom. The summed E-state index contributed by atoms with van der Waals surface area (Å²) in [6.45, 7) is 0.0619. The lowest BCUT2D eigenvalue weighted by Gasteiger charge is -2.39. The fourth-order valence-electron chi connectivity index (χ4n) is 6.13. The summed E-state index contributed by atoms with van der Waals surface area (Å²) < 4.78 is 50.8. The zero-order valence-corrected chi connectivity index (χ0v) is 31.0. The molecule has 0 amide bonds. The number of ether oxygens (including phenoxy) is 8. The number of aromatic hydroxyl groups is 3. The van der Waals surface area contributed by atoms with E-state index in [4.69, 9.17) is 42.3 Å². The number of carbonyl (C=O) groups is 2. The van der Waals surface area contributed by atoms with Crippen LogP contribution in [0.1, 0.15) is 12.5 Å². The van der Waals surface area contributed by atoms with Gasteiger partial charge in [-0.3, -0.25) is 4.79 Å². The van der Waals surface area contributed by atoms with Crippen LogP contribution in [-0.4, -0.2) is 136 Å². The van der Waals surface area contributed by atoms with E-state index in [1.165, 1.54) is 56.7 Å². The van der Waals surface area contributed by atoms with Gasteiger partial charge in [0.05, 0.1) is 32.5 Å². The molecule has 1 aromatic heterocycles. The standard InChI is InChI=1S/C39H40O19/c1-17(40)54-37-31(45)23(43)15-53-39(37)56-25-13-21(42)12-24-22(25)14-28(36(55-24)19-10-26(50-2)32(46)27(11-19)51-3)57-38-35(49)34(48)33(47)29(58-38)16-52-30(44)9-6-18-4-7-20(41)8-5-18/h4-14,23,29,31,33-35,37-39,43,45,47-49H,15-16H2,1-3H3,(H2-,41,42,44,46)/p+1/t23-,29?,31+,33-,34?,35?,37?,38-,39+/m1/s1. The maximum absolute atomic E-state index is 12.5. The molecule has 19 nitrogen and oxygen atoms in total. The monoisotopic (exact) mass is 813 g/mol. The molecule has 2 aliphatic heterocycles. The van der Waals surface area contributed by atoms with Crippen molar-refractivity contribution in [3.05, 3.63) is 66.2 Å². The molecule has 58 heavy (non-hydrogen) atoms. The van der Waals surface area contributed by atoms with Gasteiger partial charge in [-0.1, -0.05) is 12.1 Å². The molecule has 6 rings (SSSR count). The average molecular weight is 814 g/mol. The Balaban J connectivity index is 1.37. The van der Waals surface area contributed by atoms with Crippen LogP contribution in [0.15, 0.2) is 65.1 Å². The van der Waals surface area contributed by atoms with Crippen LogP contribution in [0.2, 0.25) is 0 Å². The molecule has 2 fully saturated rings. The van der Waals surface area contributed by atoms with Gasteiger partial charge in [0.2, 0.25) is 24.1 Å². The SMILES string of the molecule is COc1cc(-c2[o+]c3cc(O)cc(O[C@@H]4OC[C@@H](O)[C@H](O)C4OC(C)=O)c3cc2O[C@@H]2OC(COC(=O)/C=C/c3ccc(O)cc3)[C@@H](O)C(O)C2O)cc(OC)c1O. The Hall–Kier alpha value is -5.93. The van der Waals surface area contributed by atoms with Crippen LogP contribution < -0.4 is 18.9 Å². The number of carbonyl (C=O) groups excluding carboxylic acids is 2. The summed E-state index contributed by atoms with van der Waals surface area (Å²) in [5, 5.41) is 84.3. The third-order valence-electron chi connectivity index (χ3n) is 9.12. The molecule has 0 bridgehead atoms. The molecule has 4 aromatic rings. The van der Waals surface area contributed by atoms with E-state index in [2.05, 4.69) is 0 Å². The van der Waals surface area contributed by atoms with Crippen molar-refractivity contribution in [1.29, 1.82) is 0 Å². The zero-order valence-electron chi connectivity index (χ0n) is 31.0. The molecule has 0 saturated carbocycles. The molecule has 8 N–H and O–H groups in total. The highest BCUT2D eigenvalue weighted by Crippen LogP contribution is 2.46. The van der Waals surface area contributed by atoms with Crippen molar-refractivity contribution in [2.24, 2.45) is 0 Å². The van der Waals surface area contributed by atoms with Crippen LogP contribution in [0.3, 0.4) is 0 Å². The van der Waals surface area contributed by atoms with E-state index in [0.717, 1.165) is 19.1 Å². The Kier molecular flexibility index (Phi) is 12.7. The fourth-order valence-corrected chi connectivity index (χ4v) is 6.13. The van der Waals surface area contributed by atoms with Crippen LogP contribution in [0, 0.1) is 0 Å². The van der Waals surface area contributed by atoms with Crippen molar-refractivity contribution in [3.8, 4) is 51.6 Å². The third-order valence-corrected chi connectivity index (χ3v) is 9.12. The van der Waals surface area contributed by atoms with Crippen molar-refractivity contribution in [2.75, 3.05) is 27.4 Å². The van der Waals surface area contributed by atoms with E-state index in [1.54, 1.807) is 12.1 Å². The largest absolute Gasteiger partial charge is 0.508 e. The summed E-state index contributed by atoms with van der Waals surface area (Å²) in [7, 11) is 2.58. The van der Waals surface area contributed by atoms with Gasteiger partial charge in [0, 0.05) is 37.3 Å². The minimum absolute atomic E-state index is 0.0338. The van der Waals surface area contributed by atoms with Gasteiger partial charge in [0.25, 0.3) is 0 Å². The van der Waals surface area contributed by atoms with Crippen LogP contribution in [0.5, 0.6) is 40.2 Å². The average Bonchev–Trinajstić information content (AvgIpc) is 3.20. The number of methoxy groups -OCH3 is 2. The first-order valence-electron chi connectivity index (χ1n) is 17.6. The molecule has 2 saturated heterocycles. The van der Waals surface area contributed by atoms with Crippen molar-refractivity contribution >= 4 is 29.0 Å². The fraction of sp³-hybridized carbons (Fsp3) is 0.359. The Labute approximate surface area is 328 Å². The smallest absolute Gasteiger partial charge is 0.402 e. The van der Waals surface area contributed by atoms with Gasteiger partial charge >= 0.3 is 23.3 Å². The van der Waals surface area contributed by atoms with E-state index in [0.29, 0.717) is 5.56 Å².